The molecule has 3 aromatic heterocycles. The first-order chi connectivity index (χ1) is 16.4. The van der Waals surface area contributed by atoms with Gasteiger partial charge in [-0.3, -0.25) is 14.2 Å². The fraction of sp³-hybridized carbons (Fsp3) is 0.542. The molecule has 34 heavy (non-hydrogen) atoms. The lowest BCUT2D eigenvalue weighted by Crippen LogP contribution is -2.40. The van der Waals surface area contributed by atoms with Crippen LogP contribution in [0.25, 0.3) is 11.0 Å². The average Bonchev–Trinajstić information content (AvgIpc) is 3.17. The second kappa shape index (κ2) is 9.92. The molecule has 182 valence electrons. The maximum atomic E-state index is 13.3. The van der Waals surface area contributed by atoms with Gasteiger partial charge in [-0.1, -0.05) is 0 Å². The van der Waals surface area contributed by atoms with Gasteiger partial charge in [-0.15, -0.1) is 0 Å². The van der Waals surface area contributed by atoms with Gasteiger partial charge in [0.25, 0.3) is 5.91 Å². The lowest BCUT2D eigenvalue weighted by Gasteiger charge is -2.31. The Morgan fingerprint density at radius 3 is 2.53 bits per heavy atom. The van der Waals surface area contributed by atoms with Crippen molar-refractivity contribution in [3.8, 4) is 0 Å². The molecule has 3 aromatic rings. The van der Waals surface area contributed by atoms with Crippen molar-refractivity contribution in [3.05, 3.63) is 56.1 Å². The minimum Gasteiger partial charge on any atom is -0.383 e. The Labute approximate surface area is 197 Å². The fourth-order valence-electron chi connectivity index (χ4n) is 4.64. The Bertz CT molecular complexity index is 1310. The third kappa shape index (κ3) is 4.29. The van der Waals surface area contributed by atoms with Crippen LogP contribution < -0.4 is 11.1 Å². The normalized spacial score (nSPS) is 14.8. The SMILES string of the molecule is CCn1c(C2CCN(C(=O)c3cn(CC)c4nc(C)ccc4c3=O)CC2)nn(CCOC)c1=O. The summed E-state index contributed by atoms with van der Waals surface area (Å²) in [5, 5.41) is 5.03. The molecule has 1 saturated heterocycles. The van der Waals surface area contributed by atoms with Gasteiger partial charge in [0.1, 0.15) is 17.0 Å². The molecule has 0 aliphatic carbocycles. The smallest absolute Gasteiger partial charge is 0.345 e. The topological polar surface area (TPSA) is 104 Å². The molecule has 1 aliphatic heterocycles. The van der Waals surface area contributed by atoms with Crippen molar-refractivity contribution < 1.29 is 9.53 Å². The summed E-state index contributed by atoms with van der Waals surface area (Å²) >= 11 is 0. The molecular weight excluding hydrogens is 436 g/mol. The Kier molecular flexibility index (Phi) is 6.97. The summed E-state index contributed by atoms with van der Waals surface area (Å²) in [5.41, 5.74) is 1.19. The summed E-state index contributed by atoms with van der Waals surface area (Å²) in [7, 11) is 1.60. The molecule has 0 bridgehead atoms. The van der Waals surface area contributed by atoms with Crippen molar-refractivity contribution >= 4 is 16.9 Å². The first kappa shape index (κ1) is 23.9. The molecule has 1 aliphatic rings. The van der Waals surface area contributed by atoms with Crippen molar-refractivity contribution in [3.63, 3.8) is 0 Å². The number of hydrogen-bond donors (Lipinski definition) is 0. The zero-order valence-electron chi connectivity index (χ0n) is 20.3. The molecule has 0 saturated carbocycles. The van der Waals surface area contributed by atoms with E-state index < -0.39 is 0 Å². The van der Waals surface area contributed by atoms with Crippen LogP contribution in [0.3, 0.4) is 0 Å². The van der Waals surface area contributed by atoms with E-state index in [4.69, 9.17) is 4.74 Å². The molecule has 10 heteroatoms. The molecule has 10 nitrogen and oxygen atoms in total. The number of carbonyl (C=O) groups excluding carboxylic acids is 1. The number of hydrogen-bond acceptors (Lipinski definition) is 6. The zero-order valence-corrected chi connectivity index (χ0v) is 20.3. The van der Waals surface area contributed by atoms with E-state index in [9.17, 15) is 14.4 Å². The van der Waals surface area contributed by atoms with Gasteiger partial charge in [-0.25, -0.2) is 14.5 Å². The molecule has 0 radical (unpaired) electrons. The highest BCUT2D eigenvalue weighted by Gasteiger charge is 2.30. The molecule has 4 rings (SSSR count). The molecule has 4 heterocycles. The predicted octanol–water partition coefficient (Wildman–Crippen LogP) is 1.77. The fourth-order valence-corrected chi connectivity index (χ4v) is 4.64. The maximum Gasteiger partial charge on any atom is 0.345 e. The first-order valence-electron chi connectivity index (χ1n) is 11.9. The molecule has 0 unspecified atom stereocenters. The number of aryl methyl sites for hydroxylation is 2. The van der Waals surface area contributed by atoms with Gasteiger partial charge in [0.2, 0.25) is 5.43 Å². The van der Waals surface area contributed by atoms with Crippen LogP contribution in [0.1, 0.15) is 54.5 Å². The summed E-state index contributed by atoms with van der Waals surface area (Å²) in [6.45, 7) is 8.76. The first-order valence-corrected chi connectivity index (χ1v) is 11.9. The van der Waals surface area contributed by atoms with Crippen LogP contribution in [0.15, 0.2) is 27.9 Å². The third-order valence-electron chi connectivity index (χ3n) is 6.55. The zero-order chi connectivity index (χ0) is 24.4. The van der Waals surface area contributed by atoms with Crippen LogP contribution in [-0.4, -0.2) is 61.5 Å². The van der Waals surface area contributed by atoms with Gasteiger partial charge in [-0.2, -0.15) is 5.10 Å². The Balaban J connectivity index is 1.56. The Morgan fingerprint density at radius 2 is 1.88 bits per heavy atom. The van der Waals surface area contributed by atoms with Gasteiger partial charge in [0.15, 0.2) is 0 Å². The number of rotatable bonds is 7. The number of nitrogens with zero attached hydrogens (tertiary/aromatic N) is 6. The number of ether oxygens (including phenoxy) is 1. The van der Waals surface area contributed by atoms with Crippen molar-refractivity contribution in [2.45, 2.75) is 59.2 Å². The van der Waals surface area contributed by atoms with Crippen LogP contribution in [0.4, 0.5) is 0 Å². The number of amides is 1. The summed E-state index contributed by atoms with van der Waals surface area (Å²) in [4.78, 5) is 45.4. The molecule has 0 N–H and O–H groups in total. The number of fused-ring (bicyclic) bond motifs is 1. The maximum absolute atomic E-state index is 13.3. The third-order valence-corrected chi connectivity index (χ3v) is 6.55. The van der Waals surface area contributed by atoms with Gasteiger partial charge in [0, 0.05) is 51.1 Å². The standard InChI is InChI=1S/C24H32N6O4/c1-5-27-15-19(20(31)18-8-7-16(3)25-22(18)27)23(32)28-11-9-17(10-12-28)21-26-30(13-14-34-4)24(33)29(21)6-2/h7-8,15,17H,5-6,9-14H2,1-4H3. The van der Waals surface area contributed by atoms with Crippen LogP contribution in [0.2, 0.25) is 0 Å². The van der Waals surface area contributed by atoms with Crippen molar-refractivity contribution in [2.75, 3.05) is 26.8 Å². The van der Waals surface area contributed by atoms with Crippen LogP contribution in [0.5, 0.6) is 0 Å². The summed E-state index contributed by atoms with van der Waals surface area (Å²) in [6.07, 6.45) is 3.00. The Morgan fingerprint density at radius 1 is 1.15 bits per heavy atom. The summed E-state index contributed by atoms with van der Waals surface area (Å²) in [6, 6.07) is 3.54. The summed E-state index contributed by atoms with van der Waals surface area (Å²) < 4.78 is 10.1. The van der Waals surface area contributed by atoms with E-state index in [0.29, 0.717) is 63.2 Å². The highest BCUT2D eigenvalue weighted by Crippen LogP contribution is 2.27. The van der Waals surface area contributed by atoms with E-state index in [1.54, 1.807) is 34.9 Å². The minimum atomic E-state index is -0.281. The number of aromatic nitrogens is 5. The van der Waals surface area contributed by atoms with Crippen molar-refractivity contribution in [1.29, 1.82) is 0 Å². The molecule has 0 aromatic carbocycles. The number of methoxy groups -OCH3 is 1. The molecule has 0 spiro atoms. The van der Waals surface area contributed by atoms with E-state index in [1.165, 1.54) is 4.68 Å². The Hall–Kier alpha value is -3.27. The molecule has 0 atom stereocenters. The highest BCUT2D eigenvalue weighted by molar-refractivity contribution is 5.97. The van der Waals surface area contributed by atoms with Gasteiger partial charge in [-0.05, 0) is 45.7 Å². The molecule has 1 amide bonds. The average molecular weight is 469 g/mol. The highest BCUT2D eigenvalue weighted by atomic mass is 16.5. The van der Waals surface area contributed by atoms with Crippen LogP contribution in [0, 0.1) is 6.92 Å². The second-order valence-corrected chi connectivity index (χ2v) is 8.65. The molecular formula is C24H32N6O4. The minimum absolute atomic E-state index is 0.0802. The van der Waals surface area contributed by atoms with Gasteiger partial charge >= 0.3 is 5.69 Å². The predicted molar refractivity (Wildman–Crippen MR) is 128 cm³/mol. The van der Waals surface area contributed by atoms with E-state index in [2.05, 4.69) is 10.1 Å². The van der Waals surface area contributed by atoms with Crippen molar-refractivity contribution in [2.24, 2.45) is 0 Å². The monoisotopic (exact) mass is 468 g/mol. The summed E-state index contributed by atoms with van der Waals surface area (Å²) in [5.74, 6) is 0.583. The number of piperidine rings is 1. The number of likely N-dealkylation sites (tertiary alicyclic amines) is 1. The number of carbonyl (C=O) groups is 1. The van der Waals surface area contributed by atoms with E-state index in [1.807, 2.05) is 25.3 Å². The second-order valence-electron chi connectivity index (χ2n) is 8.65. The molecule has 1 fully saturated rings. The lowest BCUT2D eigenvalue weighted by atomic mass is 9.95. The van der Waals surface area contributed by atoms with Crippen molar-refractivity contribution in [1.82, 2.24) is 28.8 Å². The number of pyridine rings is 2. The quantitative estimate of drug-likeness (QED) is 0.523. The van der Waals surface area contributed by atoms with Crippen LogP contribution in [-0.2, 0) is 24.4 Å². The van der Waals surface area contributed by atoms with Gasteiger partial charge < -0.3 is 14.2 Å². The van der Waals surface area contributed by atoms with Gasteiger partial charge in [0.05, 0.1) is 18.5 Å². The largest absolute Gasteiger partial charge is 0.383 e. The van der Waals surface area contributed by atoms with Crippen LogP contribution >= 0.6 is 0 Å². The van der Waals surface area contributed by atoms with E-state index in [-0.39, 0.29) is 28.5 Å². The van der Waals surface area contributed by atoms with E-state index >= 15 is 0 Å². The van der Waals surface area contributed by atoms with E-state index in [0.717, 1.165) is 11.5 Å². The lowest BCUT2D eigenvalue weighted by molar-refractivity contribution is 0.0708.